The first-order valence-corrected chi connectivity index (χ1v) is 6.64. The van der Waals surface area contributed by atoms with Gasteiger partial charge < -0.3 is 5.32 Å². The van der Waals surface area contributed by atoms with Gasteiger partial charge in [0.15, 0.2) is 5.13 Å². The monoisotopic (exact) mass is 281 g/mol. The van der Waals surface area contributed by atoms with Crippen molar-refractivity contribution < 1.29 is 4.79 Å². The van der Waals surface area contributed by atoms with Crippen LogP contribution in [-0.2, 0) is 0 Å². The highest BCUT2D eigenvalue weighted by atomic mass is 35.5. The molecule has 94 valence electrons. The summed E-state index contributed by atoms with van der Waals surface area (Å²) in [6, 6.07) is 6.97. The number of anilines is 1. The lowest BCUT2D eigenvalue weighted by Gasteiger charge is -2.15. The number of hydrogen-bond acceptors (Lipinski definition) is 3. The number of amides is 2. The molecule has 18 heavy (non-hydrogen) atoms. The summed E-state index contributed by atoms with van der Waals surface area (Å²) in [7, 11) is 0. The largest absolute Gasteiger partial charge is 0.331 e. The molecule has 0 spiro atoms. The number of nitrogens with zero attached hydrogens (tertiary/aromatic N) is 1. The van der Waals surface area contributed by atoms with E-state index in [1.165, 1.54) is 11.3 Å². The van der Waals surface area contributed by atoms with Gasteiger partial charge in [0.2, 0.25) is 0 Å². The van der Waals surface area contributed by atoms with Crippen molar-refractivity contribution in [3.05, 3.63) is 46.4 Å². The highest BCUT2D eigenvalue weighted by Crippen LogP contribution is 2.22. The van der Waals surface area contributed by atoms with Gasteiger partial charge in [0.25, 0.3) is 0 Å². The topological polar surface area (TPSA) is 54.0 Å². The van der Waals surface area contributed by atoms with E-state index in [-0.39, 0.29) is 12.1 Å². The van der Waals surface area contributed by atoms with E-state index in [1.54, 1.807) is 17.6 Å². The van der Waals surface area contributed by atoms with Gasteiger partial charge in [-0.1, -0.05) is 29.8 Å². The molecule has 0 radical (unpaired) electrons. The van der Waals surface area contributed by atoms with Gasteiger partial charge in [-0.2, -0.15) is 0 Å². The molecule has 1 atom stereocenters. The fourth-order valence-corrected chi connectivity index (χ4v) is 2.34. The molecule has 4 nitrogen and oxygen atoms in total. The molecular weight excluding hydrogens is 270 g/mol. The van der Waals surface area contributed by atoms with Crippen molar-refractivity contribution in [1.29, 1.82) is 0 Å². The van der Waals surface area contributed by atoms with Gasteiger partial charge in [-0.3, -0.25) is 5.32 Å². The summed E-state index contributed by atoms with van der Waals surface area (Å²) in [6.07, 6.45) is 1.64. The average molecular weight is 282 g/mol. The lowest BCUT2D eigenvalue weighted by molar-refractivity contribution is 0.249. The van der Waals surface area contributed by atoms with Crippen molar-refractivity contribution in [3.8, 4) is 0 Å². The van der Waals surface area contributed by atoms with Crippen molar-refractivity contribution in [2.75, 3.05) is 5.32 Å². The number of thiazole rings is 1. The number of aromatic nitrogens is 1. The van der Waals surface area contributed by atoms with Crippen LogP contribution in [0.15, 0.2) is 35.8 Å². The third kappa shape index (κ3) is 3.21. The second-order valence-corrected chi connectivity index (χ2v) is 4.98. The first-order chi connectivity index (χ1) is 8.66. The zero-order chi connectivity index (χ0) is 13.0. The Bertz CT molecular complexity index is 530. The number of nitrogens with one attached hydrogen (secondary N) is 2. The summed E-state index contributed by atoms with van der Waals surface area (Å²) < 4.78 is 0. The molecule has 0 aliphatic heterocycles. The molecule has 1 aromatic carbocycles. The normalized spacial score (nSPS) is 11.9. The van der Waals surface area contributed by atoms with Gasteiger partial charge in [-0.05, 0) is 18.6 Å². The number of benzene rings is 1. The van der Waals surface area contributed by atoms with E-state index in [4.69, 9.17) is 11.6 Å². The minimum absolute atomic E-state index is 0.168. The molecule has 2 aromatic rings. The second kappa shape index (κ2) is 5.84. The van der Waals surface area contributed by atoms with Crippen molar-refractivity contribution in [1.82, 2.24) is 10.3 Å². The Morgan fingerprint density at radius 1 is 1.44 bits per heavy atom. The summed E-state index contributed by atoms with van der Waals surface area (Å²) in [6.45, 7) is 1.88. The quantitative estimate of drug-likeness (QED) is 0.902. The maximum Gasteiger partial charge on any atom is 0.321 e. The fourth-order valence-electron chi connectivity index (χ4n) is 1.52. The lowest BCUT2D eigenvalue weighted by Crippen LogP contribution is -2.31. The Labute approximate surface area is 114 Å². The van der Waals surface area contributed by atoms with E-state index < -0.39 is 0 Å². The summed E-state index contributed by atoms with van der Waals surface area (Å²) in [4.78, 5) is 15.7. The number of halogens is 1. The van der Waals surface area contributed by atoms with Crippen LogP contribution in [0.1, 0.15) is 18.5 Å². The maximum atomic E-state index is 11.7. The molecule has 1 heterocycles. The van der Waals surface area contributed by atoms with Crippen LogP contribution >= 0.6 is 22.9 Å². The molecule has 1 aromatic heterocycles. The van der Waals surface area contributed by atoms with Gasteiger partial charge in [0.1, 0.15) is 0 Å². The third-order valence-electron chi connectivity index (χ3n) is 2.37. The molecule has 0 aliphatic carbocycles. The highest BCUT2D eigenvalue weighted by molar-refractivity contribution is 7.13. The van der Waals surface area contributed by atoms with Gasteiger partial charge >= 0.3 is 6.03 Å². The maximum absolute atomic E-state index is 11.7. The van der Waals surface area contributed by atoms with Crippen molar-refractivity contribution in [3.63, 3.8) is 0 Å². The number of rotatable bonds is 3. The van der Waals surface area contributed by atoms with E-state index in [9.17, 15) is 4.79 Å². The predicted molar refractivity (Wildman–Crippen MR) is 74.1 cm³/mol. The molecule has 1 unspecified atom stereocenters. The second-order valence-electron chi connectivity index (χ2n) is 3.68. The Hall–Kier alpha value is -1.59. The molecule has 2 amide bonds. The van der Waals surface area contributed by atoms with Crippen LogP contribution in [0.25, 0.3) is 0 Å². The Balaban J connectivity index is 1.97. The lowest BCUT2D eigenvalue weighted by atomic mass is 10.1. The van der Waals surface area contributed by atoms with Crippen LogP contribution in [0.2, 0.25) is 5.02 Å². The molecular formula is C12H12ClN3OS. The van der Waals surface area contributed by atoms with Crippen LogP contribution in [0.5, 0.6) is 0 Å². The Morgan fingerprint density at radius 2 is 2.22 bits per heavy atom. The highest BCUT2D eigenvalue weighted by Gasteiger charge is 2.12. The van der Waals surface area contributed by atoms with E-state index in [0.29, 0.717) is 10.2 Å². The smallest absolute Gasteiger partial charge is 0.321 e. The minimum atomic E-state index is -0.294. The van der Waals surface area contributed by atoms with Gasteiger partial charge in [0, 0.05) is 16.6 Å². The van der Waals surface area contributed by atoms with Crippen molar-refractivity contribution in [2.45, 2.75) is 13.0 Å². The molecule has 0 fully saturated rings. The van der Waals surface area contributed by atoms with Crippen LogP contribution in [0.3, 0.4) is 0 Å². The van der Waals surface area contributed by atoms with Crippen molar-refractivity contribution in [2.24, 2.45) is 0 Å². The molecule has 6 heteroatoms. The van der Waals surface area contributed by atoms with Crippen LogP contribution in [0, 0.1) is 0 Å². The number of urea groups is 1. The first kappa shape index (κ1) is 12.9. The average Bonchev–Trinajstić information content (AvgIpc) is 2.82. The Morgan fingerprint density at radius 3 is 2.89 bits per heavy atom. The van der Waals surface area contributed by atoms with E-state index in [2.05, 4.69) is 15.6 Å². The predicted octanol–water partition coefficient (Wildman–Crippen LogP) is 3.68. The fraction of sp³-hybridized carbons (Fsp3) is 0.167. The summed E-state index contributed by atoms with van der Waals surface area (Å²) in [5.41, 5.74) is 0.883. The molecule has 0 saturated carbocycles. The Kier molecular flexibility index (Phi) is 4.17. The van der Waals surface area contributed by atoms with E-state index in [0.717, 1.165) is 5.56 Å². The summed E-state index contributed by atoms with van der Waals surface area (Å²) in [5, 5.41) is 8.47. The van der Waals surface area contributed by atoms with E-state index >= 15 is 0 Å². The van der Waals surface area contributed by atoms with Gasteiger partial charge in [-0.15, -0.1) is 11.3 Å². The molecule has 2 N–H and O–H groups in total. The zero-order valence-electron chi connectivity index (χ0n) is 9.68. The molecule has 0 bridgehead atoms. The molecule has 0 aliphatic rings. The molecule has 2 rings (SSSR count). The van der Waals surface area contributed by atoms with E-state index in [1.807, 2.05) is 25.1 Å². The number of carbonyl (C=O) groups excluding carboxylic acids is 1. The first-order valence-electron chi connectivity index (χ1n) is 5.38. The molecule has 0 saturated heterocycles. The SMILES string of the molecule is CC(NC(=O)Nc1nccs1)c1ccccc1Cl. The third-order valence-corrected chi connectivity index (χ3v) is 3.40. The van der Waals surface area contributed by atoms with Crippen molar-refractivity contribution >= 4 is 34.1 Å². The zero-order valence-corrected chi connectivity index (χ0v) is 11.3. The number of carbonyl (C=O) groups is 1. The number of hydrogen-bond donors (Lipinski definition) is 2. The van der Waals surface area contributed by atoms with Gasteiger partial charge in [0.05, 0.1) is 6.04 Å². The summed E-state index contributed by atoms with van der Waals surface area (Å²) in [5.74, 6) is 0. The minimum Gasteiger partial charge on any atom is -0.331 e. The van der Waals surface area contributed by atoms with Crippen LogP contribution in [0.4, 0.5) is 9.93 Å². The van der Waals surface area contributed by atoms with Crippen LogP contribution in [-0.4, -0.2) is 11.0 Å². The summed E-state index contributed by atoms with van der Waals surface area (Å²) >= 11 is 7.43. The van der Waals surface area contributed by atoms with Gasteiger partial charge in [-0.25, -0.2) is 9.78 Å². The standard InChI is InChI=1S/C12H12ClN3OS/c1-8(9-4-2-3-5-10(9)13)15-11(17)16-12-14-6-7-18-12/h2-8H,1H3,(H2,14,15,16,17). The van der Waals surface area contributed by atoms with Crippen LogP contribution < -0.4 is 10.6 Å².